The minimum Gasteiger partial charge on any atom is -0.322 e. The van der Waals surface area contributed by atoms with Gasteiger partial charge in [-0.3, -0.25) is 29.4 Å². The molecule has 0 saturated carbocycles. The summed E-state index contributed by atoms with van der Waals surface area (Å²) in [4.78, 5) is 56.0. The van der Waals surface area contributed by atoms with E-state index in [1.807, 2.05) is 36.4 Å². The van der Waals surface area contributed by atoms with Gasteiger partial charge in [0.1, 0.15) is 6.04 Å². The van der Waals surface area contributed by atoms with Crippen molar-refractivity contribution in [1.82, 2.24) is 15.1 Å². The lowest BCUT2D eigenvalue weighted by Crippen LogP contribution is -2.52. The van der Waals surface area contributed by atoms with Crippen LogP contribution < -0.4 is 10.2 Å². The number of carbonyl (C=O) groups excluding carboxylic acids is 4. The minimum absolute atomic E-state index is 0.0130. The molecule has 4 aliphatic rings. The summed E-state index contributed by atoms with van der Waals surface area (Å²) in [5.41, 5.74) is 6.59. The van der Waals surface area contributed by atoms with E-state index in [9.17, 15) is 19.2 Å². The third-order valence-electron chi connectivity index (χ3n) is 9.11. The molecule has 0 radical (unpaired) electrons. The van der Waals surface area contributed by atoms with Crippen LogP contribution in [-0.4, -0.2) is 52.6 Å². The highest BCUT2D eigenvalue weighted by molar-refractivity contribution is 6.31. The van der Waals surface area contributed by atoms with E-state index in [1.54, 1.807) is 9.80 Å². The van der Waals surface area contributed by atoms with E-state index in [0.717, 1.165) is 60.4 Å². The molecular weight excluding hydrogens is 552 g/mol. The summed E-state index contributed by atoms with van der Waals surface area (Å²) in [7, 11) is 0. The highest BCUT2D eigenvalue weighted by Gasteiger charge is 2.39. The molecule has 0 aliphatic carbocycles. The molecule has 2 fully saturated rings. The minimum atomic E-state index is -0.594. The van der Waals surface area contributed by atoms with Crippen molar-refractivity contribution in [3.8, 4) is 0 Å². The predicted octanol–water partition coefficient (Wildman–Crippen LogP) is 4.64. The van der Waals surface area contributed by atoms with E-state index in [1.165, 1.54) is 5.56 Å². The Morgan fingerprint density at radius 1 is 0.810 bits per heavy atom. The molecule has 1 atom stereocenters. The van der Waals surface area contributed by atoms with Crippen LogP contribution in [0.2, 0.25) is 5.02 Å². The fourth-order valence-electron chi connectivity index (χ4n) is 6.83. The molecule has 214 valence electrons. The standard InChI is InChI=1S/C33H31ClN4O4/c34-25-2-1-3-26(16-25)37-18-23-5-4-20(14-28(23)33(37)42)17-36-12-10-21(11-13-36)22-6-7-27-24(15-22)19-38(32(27)41)29-8-9-30(39)35-31(29)40/h1-7,14-16,21,29H,8-13,17-19H2,(H,35,39,40). The average Bonchev–Trinajstić information content (AvgIpc) is 3.49. The second-order valence-corrected chi connectivity index (χ2v) is 12.2. The molecule has 9 heteroatoms. The van der Waals surface area contributed by atoms with Gasteiger partial charge < -0.3 is 9.80 Å². The largest absolute Gasteiger partial charge is 0.322 e. The van der Waals surface area contributed by atoms with Crippen LogP contribution in [0.15, 0.2) is 60.7 Å². The smallest absolute Gasteiger partial charge is 0.258 e. The van der Waals surface area contributed by atoms with Gasteiger partial charge in [-0.2, -0.15) is 0 Å². The summed E-state index contributed by atoms with van der Waals surface area (Å²) in [6, 6.07) is 19.2. The number of hydrogen-bond donors (Lipinski definition) is 1. The van der Waals surface area contributed by atoms with Crippen molar-refractivity contribution < 1.29 is 19.2 Å². The number of piperidine rings is 2. The Hall–Kier alpha value is -4.01. The van der Waals surface area contributed by atoms with Crippen LogP contribution in [-0.2, 0) is 29.2 Å². The first kappa shape index (κ1) is 26.9. The molecule has 2 saturated heterocycles. The second-order valence-electron chi connectivity index (χ2n) is 11.7. The van der Waals surface area contributed by atoms with Crippen LogP contribution in [0.5, 0.6) is 0 Å². The molecule has 4 amide bonds. The van der Waals surface area contributed by atoms with E-state index in [0.29, 0.717) is 36.0 Å². The van der Waals surface area contributed by atoms with Gasteiger partial charge in [0.05, 0.1) is 6.54 Å². The number of amides is 4. The zero-order valence-electron chi connectivity index (χ0n) is 23.1. The van der Waals surface area contributed by atoms with Gasteiger partial charge in [-0.15, -0.1) is 0 Å². The van der Waals surface area contributed by atoms with Gasteiger partial charge in [0.2, 0.25) is 11.8 Å². The number of fused-ring (bicyclic) bond motifs is 2. The highest BCUT2D eigenvalue weighted by Crippen LogP contribution is 2.35. The van der Waals surface area contributed by atoms with E-state index >= 15 is 0 Å². The third-order valence-corrected chi connectivity index (χ3v) is 9.35. The molecule has 0 aromatic heterocycles. The summed E-state index contributed by atoms with van der Waals surface area (Å²) >= 11 is 6.16. The number of halogens is 1. The quantitative estimate of drug-likeness (QED) is 0.443. The average molecular weight is 583 g/mol. The molecule has 1 unspecified atom stereocenters. The summed E-state index contributed by atoms with van der Waals surface area (Å²) in [6.45, 7) is 3.65. The van der Waals surface area contributed by atoms with Crippen LogP contribution in [0.1, 0.15) is 74.6 Å². The van der Waals surface area contributed by atoms with E-state index in [-0.39, 0.29) is 30.0 Å². The van der Waals surface area contributed by atoms with Crippen molar-refractivity contribution in [3.63, 3.8) is 0 Å². The first-order valence-electron chi connectivity index (χ1n) is 14.5. The first-order valence-corrected chi connectivity index (χ1v) is 14.9. The van der Waals surface area contributed by atoms with Crippen LogP contribution in [0.25, 0.3) is 0 Å². The van der Waals surface area contributed by atoms with Gasteiger partial charge in [-0.1, -0.05) is 41.9 Å². The molecule has 42 heavy (non-hydrogen) atoms. The van der Waals surface area contributed by atoms with Crippen LogP contribution in [0.3, 0.4) is 0 Å². The van der Waals surface area contributed by atoms with Crippen molar-refractivity contribution >= 4 is 40.9 Å². The Balaban J connectivity index is 0.974. The molecule has 4 heterocycles. The lowest BCUT2D eigenvalue weighted by Gasteiger charge is -2.32. The fraction of sp³-hybridized carbons (Fsp3) is 0.333. The SMILES string of the molecule is O=C1CCC(N2Cc3cc(C4CCN(Cc5ccc6c(c5)C(=O)N(c5cccc(Cl)c5)C6)CC4)ccc3C2=O)C(=O)N1. The molecule has 4 aliphatic heterocycles. The summed E-state index contributed by atoms with van der Waals surface area (Å²) in [6.07, 6.45) is 2.64. The zero-order chi connectivity index (χ0) is 29.0. The zero-order valence-corrected chi connectivity index (χ0v) is 23.9. The number of benzene rings is 3. The summed E-state index contributed by atoms with van der Waals surface area (Å²) < 4.78 is 0. The predicted molar refractivity (Wildman–Crippen MR) is 158 cm³/mol. The van der Waals surface area contributed by atoms with Gasteiger partial charge in [-0.25, -0.2) is 0 Å². The summed E-state index contributed by atoms with van der Waals surface area (Å²) in [5.74, 6) is -0.382. The molecule has 3 aromatic rings. The maximum atomic E-state index is 13.2. The summed E-state index contributed by atoms with van der Waals surface area (Å²) in [5, 5.41) is 2.98. The van der Waals surface area contributed by atoms with Gasteiger partial charge in [-0.05, 0) is 90.9 Å². The third kappa shape index (κ3) is 4.88. The highest BCUT2D eigenvalue weighted by atomic mass is 35.5. The van der Waals surface area contributed by atoms with E-state index < -0.39 is 6.04 Å². The number of carbonyl (C=O) groups is 4. The van der Waals surface area contributed by atoms with Crippen molar-refractivity contribution in [2.24, 2.45) is 0 Å². The number of nitrogens with one attached hydrogen (secondary N) is 1. The van der Waals surface area contributed by atoms with Crippen molar-refractivity contribution in [2.75, 3.05) is 18.0 Å². The lowest BCUT2D eigenvalue weighted by molar-refractivity contribution is -0.136. The van der Waals surface area contributed by atoms with Crippen LogP contribution >= 0.6 is 11.6 Å². The number of nitrogens with zero attached hydrogens (tertiary/aromatic N) is 3. The number of imide groups is 1. The first-order chi connectivity index (χ1) is 20.3. The van der Waals surface area contributed by atoms with E-state index in [2.05, 4.69) is 34.5 Å². The molecule has 7 rings (SSSR count). The number of rotatable bonds is 5. The Morgan fingerprint density at radius 3 is 2.43 bits per heavy atom. The monoisotopic (exact) mass is 582 g/mol. The fourth-order valence-corrected chi connectivity index (χ4v) is 7.01. The normalized spacial score (nSPS) is 21.1. The number of hydrogen-bond acceptors (Lipinski definition) is 5. The van der Waals surface area contributed by atoms with Gasteiger partial charge in [0, 0.05) is 41.3 Å². The number of anilines is 1. The van der Waals surface area contributed by atoms with E-state index in [4.69, 9.17) is 11.6 Å². The Kier molecular flexibility index (Phi) is 6.83. The molecule has 1 N–H and O–H groups in total. The van der Waals surface area contributed by atoms with Crippen molar-refractivity contribution in [1.29, 1.82) is 0 Å². The second kappa shape index (κ2) is 10.7. The molecule has 0 spiro atoms. The van der Waals surface area contributed by atoms with Gasteiger partial charge >= 0.3 is 0 Å². The molecule has 8 nitrogen and oxygen atoms in total. The molecular formula is C33H31ClN4O4. The van der Waals surface area contributed by atoms with Gasteiger partial charge in [0.15, 0.2) is 0 Å². The molecule has 3 aromatic carbocycles. The van der Waals surface area contributed by atoms with Crippen LogP contribution in [0, 0.1) is 0 Å². The topological polar surface area (TPSA) is 90.0 Å². The van der Waals surface area contributed by atoms with Gasteiger partial charge in [0.25, 0.3) is 11.8 Å². The number of likely N-dealkylation sites (tertiary alicyclic amines) is 1. The maximum Gasteiger partial charge on any atom is 0.258 e. The van der Waals surface area contributed by atoms with Crippen LogP contribution in [0.4, 0.5) is 5.69 Å². The maximum absolute atomic E-state index is 13.2. The Morgan fingerprint density at radius 2 is 1.64 bits per heavy atom. The molecule has 0 bridgehead atoms. The Labute approximate surface area is 249 Å². The lowest BCUT2D eigenvalue weighted by atomic mass is 9.87. The van der Waals surface area contributed by atoms with Crippen molar-refractivity contribution in [2.45, 2.75) is 57.3 Å². The Bertz CT molecular complexity index is 1630. The van der Waals surface area contributed by atoms with Crippen molar-refractivity contribution in [3.05, 3.63) is 99.1 Å².